The van der Waals surface area contributed by atoms with E-state index in [0.29, 0.717) is 12.8 Å². The lowest BCUT2D eigenvalue weighted by molar-refractivity contribution is -0.208. The summed E-state index contributed by atoms with van der Waals surface area (Å²) in [4.78, 5) is 16.5. The lowest BCUT2D eigenvalue weighted by Crippen LogP contribution is -2.46. The minimum atomic E-state index is -4.46. The maximum absolute atomic E-state index is 14.1. The number of hydrogen-bond acceptors (Lipinski definition) is 4. The first-order valence-corrected chi connectivity index (χ1v) is 11.6. The zero-order chi connectivity index (χ0) is 23.0. The number of nitrogens with one attached hydrogen (secondary N) is 1. The number of nitrogens with zero attached hydrogens (tertiary/aromatic N) is 1. The minimum Gasteiger partial charge on any atom is -0.326 e. The van der Waals surface area contributed by atoms with E-state index >= 15 is 0 Å². The van der Waals surface area contributed by atoms with E-state index in [-0.39, 0.29) is 24.9 Å². The zero-order valence-electron chi connectivity index (χ0n) is 16.5. The van der Waals surface area contributed by atoms with Gasteiger partial charge in [0.15, 0.2) is 5.03 Å². The van der Waals surface area contributed by atoms with Crippen LogP contribution in [0.15, 0.2) is 23.4 Å². The smallest absolute Gasteiger partial charge is 0.326 e. The minimum absolute atomic E-state index is 0.0346. The molecule has 2 fully saturated rings. The van der Waals surface area contributed by atoms with Gasteiger partial charge in [0.2, 0.25) is 11.8 Å². The van der Waals surface area contributed by atoms with E-state index in [1.54, 1.807) is 0 Å². The first-order chi connectivity index (χ1) is 14.3. The molecule has 0 saturated heterocycles. The van der Waals surface area contributed by atoms with Crippen molar-refractivity contribution < 1.29 is 35.2 Å². The van der Waals surface area contributed by atoms with Crippen LogP contribution in [0.2, 0.25) is 0 Å². The second-order valence-corrected chi connectivity index (χ2v) is 9.89. The van der Waals surface area contributed by atoms with Crippen molar-refractivity contribution in [1.29, 1.82) is 0 Å². The molecule has 1 amide bonds. The van der Waals surface area contributed by atoms with Crippen LogP contribution in [0.4, 0.5) is 27.6 Å². The summed E-state index contributed by atoms with van der Waals surface area (Å²) >= 11 is 0. The van der Waals surface area contributed by atoms with Crippen LogP contribution in [0.1, 0.15) is 44.9 Å². The Kier molecular flexibility index (Phi) is 6.62. The van der Waals surface area contributed by atoms with Crippen molar-refractivity contribution in [1.82, 2.24) is 4.98 Å². The van der Waals surface area contributed by atoms with Gasteiger partial charge >= 0.3 is 6.18 Å². The third-order valence-corrected chi connectivity index (χ3v) is 7.11. The van der Waals surface area contributed by atoms with Crippen molar-refractivity contribution >= 4 is 21.6 Å². The molecular weight excluding hydrogens is 445 g/mol. The van der Waals surface area contributed by atoms with Gasteiger partial charge < -0.3 is 5.32 Å². The summed E-state index contributed by atoms with van der Waals surface area (Å²) in [5.74, 6) is -8.72. The number of sulfonamides is 1. The van der Waals surface area contributed by atoms with Crippen molar-refractivity contribution in [2.75, 3.05) is 5.32 Å². The summed E-state index contributed by atoms with van der Waals surface area (Å²) in [6.07, 6.45) is -3.85. The van der Waals surface area contributed by atoms with E-state index in [1.807, 2.05) is 0 Å². The number of nitrogens with two attached hydrogens (primary N) is 1. The lowest BCUT2D eigenvalue weighted by Gasteiger charge is -2.44. The number of aromatic nitrogens is 1. The van der Waals surface area contributed by atoms with E-state index in [1.165, 1.54) is 6.07 Å². The average Bonchev–Trinajstić information content (AvgIpc) is 2.66. The molecule has 2 aliphatic carbocycles. The van der Waals surface area contributed by atoms with Crippen molar-refractivity contribution in [2.24, 2.45) is 28.8 Å². The molecule has 0 aliphatic heterocycles. The third-order valence-electron chi connectivity index (χ3n) is 6.30. The highest BCUT2D eigenvalue weighted by Gasteiger charge is 2.53. The van der Waals surface area contributed by atoms with Gasteiger partial charge in [0.05, 0.1) is 5.92 Å². The Bertz CT molecular complexity index is 923. The van der Waals surface area contributed by atoms with Crippen LogP contribution in [-0.2, 0) is 14.8 Å². The standard InChI is InChI=1S/C19H24F5N3O3S/c20-18(21)7-5-12(13-3-1-2-4-15(13)19(22,23)24)14(10-18)17(28)27-11-6-8-26-16(9-11)31(25,29)30/h6,8-9,12-15H,1-5,7,10H2,(H2,25,29,30)(H,26,27,28). The summed E-state index contributed by atoms with van der Waals surface area (Å²) in [5, 5.41) is 6.85. The highest BCUT2D eigenvalue weighted by molar-refractivity contribution is 7.89. The number of pyridine rings is 1. The summed E-state index contributed by atoms with van der Waals surface area (Å²) in [6, 6.07) is 2.23. The van der Waals surface area contributed by atoms with Crippen LogP contribution in [0, 0.1) is 23.7 Å². The second kappa shape index (κ2) is 8.61. The van der Waals surface area contributed by atoms with Crippen LogP contribution in [0.5, 0.6) is 0 Å². The van der Waals surface area contributed by atoms with Crippen LogP contribution < -0.4 is 10.5 Å². The molecule has 0 spiro atoms. The third kappa shape index (κ3) is 5.71. The van der Waals surface area contributed by atoms with Gasteiger partial charge in [0.1, 0.15) is 0 Å². The average molecular weight is 469 g/mol. The highest BCUT2D eigenvalue weighted by Crippen LogP contribution is 2.52. The fraction of sp³-hybridized carbons (Fsp3) is 0.684. The predicted octanol–water partition coefficient (Wildman–Crippen LogP) is 4.09. The lowest BCUT2D eigenvalue weighted by atomic mass is 9.63. The molecule has 0 aromatic carbocycles. The topological polar surface area (TPSA) is 102 Å². The molecule has 0 bridgehead atoms. The van der Waals surface area contributed by atoms with Gasteiger partial charge in [0.25, 0.3) is 10.0 Å². The summed E-state index contributed by atoms with van der Waals surface area (Å²) in [5.41, 5.74) is -0.0346. The summed E-state index contributed by atoms with van der Waals surface area (Å²) in [6.45, 7) is 0. The Morgan fingerprint density at radius 1 is 1.16 bits per heavy atom. The Morgan fingerprint density at radius 2 is 1.84 bits per heavy atom. The second-order valence-electron chi connectivity index (χ2n) is 8.38. The maximum atomic E-state index is 14.1. The fourth-order valence-corrected chi connectivity index (χ4v) is 5.41. The van der Waals surface area contributed by atoms with Gasteiger partial charge in [-0.2, -0.15) is 13.2 Å². The monoisotopic (exact) mass is 469 g/mol. The first-order valence-electron chi connectivity index (χ1n) is 10.0. The van der Waals surface area contributed by atoms with Crippen molar-refractivity contribution in [3.05, 3.63) is 18.3 Å². The molecule has 12 heteroatoms. The number of primary sulfonamides is 1. The van der Waals surface area contributed by atoms with Crippen molar-refractivity contribution in [2.45, 2.75) is 62.1 Å². The van der Waals surface area contributed by atoms with Gasteiger partial charge in [-0.3, -0.25) is 4.79 Å². The summed E-state index contributed by atoms with van der Waals surface area (Å²) < 4.78 is 92.0. The molecule has 3 N–H and O–H groups in total. The molecular formula is C19H24F5N3O3S. The maximum Gasteiger partial charge on any atom is 0.392 e. The number of rotatable bonds is 4. The van der Waals surface area contributed by atoms with E-state index in [4.69, 9.17) is 5.14 Å². The molecule has 6 nitrogen and oxygen atoms in total. The van der Waals surface area contributed by atoms with E-state index < -0.39 is 69.6 Å². The first kappa shape index (κ1) is 23.8. The normalized spacial score (nSPS) is 29.4. The predicted molar refractivity (Wildman–Crippen MR) is 102 cm³/mol. The largest absolute Gasteiger partial charge is 0.392 e. The number of anilines is 1. The van der Waals surface area contributed by atoms with Gasteiger partial charge in [-0.25, -0.2) is 27.3 Å². The van der Waals surface area contributed by atoms with Crippen LogP contribution >= 0.6 is 0 Å². The molecule has 31 heavy (non-hydrogen) atoms. The van der Waals surface area contributed by atoms with Gasteiger partial charge in [-0.1, -0.05) is 12.8 Å². The van der Waals surface area contributed by atoms with Crippen molar-refractivity contribution in [3.63, 3.8) is 0 Å². The van der Waals surface area contributed by atoms with E-state index in [9.17, 15) is 35.2 Å². The molecule has 1 aromatic rings. The number of hydrogen-bond donors (Lipinski definition) is 2. The number of halogens is 5. The van der Waals surface area contributed by atoms with Gasteiger partial charge in [-0.15, -0.1) is 0 Å². The number of amides is 1. The highest BCUT2D eigenvalue weighted by atomic mass is 32.2. The molecule has 4 atom stereocenters. The molecule has 174 valence electrons. The number of carbonyl (C=O) groups excluding carboxylic acids is 1. The SMILES string of the molecule is NS(=O)(=O)c1cc(NC(=O)C2CC(F)(F)CCC2C2CCCCC2C(F)(F)F)ccn1. The molecule has 4 unspecified atom stereocenters. The Balaban J connectivity index is 1.87. The van der Waals surface area contributed by atoms with Gasteiger partial charge in [-0.05, 0) is 37.2 Å². The number of alkyl halides is 5. The fourth-order valence-electron chi connectivity index (χ4n) is 4.91. The quantitative estimate of drug-likeness (QED) is 0.649. The zero-order valence-corrected chi connectivity index (χ0v) is 17.4. The molecule has 1 heterocycles. The molecule has 3 rings (SSSR count). The molecule has 1 aromatic heterocycles. The van der Waals surface area contributed by atoms with E-state index in [2.05, 4.69) is 10.3 Å². The summed E-state index contributed by atoms with van der Waals surface area (Å²) in [7, 11) is -4.16. The Labute approximate surface area is 176 Å². The van der Waals surface area contributed by atoms with Gasteiger partial charge in [0, 0.05) is 36.7 Å². The van der Waals surface area contributed by atoms with Crippen LogP contribution in [0.3, 0.4) is 0 Å². The Hall–Kier alpha value is -1.82. The van der Waals surface area contributed by atoms with Crippen molar-refractivity contribution in [3.8, 4) is 0 Å². The molecule has 2 aliphatic rings. The van der Waals surface area contributed by atoms with Crippen LogP contribution in [-0.4, -0.2) is 31.4 Å². The molecule has 0 radical (unpaired) electrons. The Morgan fingerprint density at radius 3 is 2.48 bits per heavy atom. The van der Waals surface area contributed by atoms with Crippen LogP contribution in [0.25, 0.3) is 0 Å². The molecule has 2 saturated carbocycles. The van der Waals surface area contributed by atoms with E-state index in [0.717, 1.165) is 12.3 Å². The number of carbonyl (C=O) groups is 1.